The number of carbonyl (C=O) groups excluding carboxylic acids is 1. The van der Waals surface area contributed by atoms with Crippen molar-refractivity contribution >= 4 is 11.7 Å². The molecule has 1 saturated heterocycles. The van der Waals surface area contributed by atoms with Gasteiger partial charge in [0.15, 0.2) is 0 Å². The molecule has 2 aromatic rings. The van der Waals surface area contributed by atoms with E-state index in [0.717, 1.165) is 43.8 Å². The highest BCUT2D eigenvalue weighted by Crippen LogP contribution is 2.25. The summed E-state index contributed by atoms with van der Waals surface area (Å²) in [5, 5.41) is 5.00. The molecule has 1 aliphatic heterocycles. The number of benzene rings is 1. The number of aromatic nitrogens is 1. The molecule has 1 aromatic carbocycles. The van der Waals surface area contributed by atoms with Crippen molar-refractivity contribution in [3.8, 4) is 0 Å². The summed E-state index contributed by atoms with van der Waals surface area (Å²) in [6, 6.07) is 6.87. The molecule has 1 fully saturated rings. The molecule has 7 heteroatoms. The van der Waals surface area contributed by atoms with E-state index < -0.39 is 23.4 Å². The minimum Gasteiger partial charge on any atom is -0.353 e. The summed E-state index contributed by atoms with van der Waals surface area (Å²) in [5.41, 5.74) is 0.663. The second kappa shape index (κ2) is 7.65. The van der Waals surface area contributed by atoms with Gasteiger partial charge in [-0.1, -0.05) is 6.07 Å². The second-order valence-corrected chi connectivity index (χ2v) is 6.23. The Morgan fingerprint density at radius 1 is 1.16 bits per heavy atom. The van der Waals surface area contributed by atoms with Crippen molar-refractivity contribution in [2.24, 2.45) is 7.05 Å². The number of para-hydroxylation sites is 1. The third kappa shape index (κ3) is 3.99. The van der Waals surface area contributed by atoms with Crippen molar-refractivity contribution < 1.29 is 13.6 Å². The zero-order valence-corrected chi connectivity index (χ0v) is 14.1. The van der Waals surface area contributed by atoms with Gasteiger partial charge in [0.05, 0.1) is 6.04 Å². The van der Waals surface area contributed by atoms with Crippen LogP contribution in [0.4, 0.5) is 19.3 Å². The molecular formula is C18H22F2N4O. The van der Waals surface area contributed by atoms with E-state index in [1.54, 1.807) is 0 Å². The Labute approximate surface area is 145 Å². The average Bonchev–Trinajstić information content (AvgIpc) is 3.24. The van der Waals surface area contributed by atoms with Crippen molar-refractivity contribution in [2.75, 3.05) is 25.0 Å². The number of anilines is 1. The molecule has 1 aromatic heterocycles. The molecule has 2 heterocycles. The van der Waals surface area contributed by atoms with E-state index in [-0.39, 0.29) is 6.04 Å². The number of nitrogens with one attached hydrogen (secondary N) is 2. The number of carbonyl (C=O) groups is 1. The number of urea groups is 1. The van der Waals surface area contributed by atoms with Crippen LogP contribution in [-0.4, -0.2) is 35.1 Å². The number of nitrogens with zero attached hydrogens (tertiary/aromatic N) is 2. The molecular weight excluding hydrogens is 326 g/mol. The van der Waals surface area contributed by atoms with Gasteiger partial charge >= 0.3 is 6.03 Å². The lowest BCUT2D eigenvalue weighted by Gasteiger charge is -2.28. The standard InChI is InChI=1S/C18H22F2N4O/c1-23-9-5-8-15(23)16(24-10-2-3-11-24)12-21-18(25)22-17-13(19)6-4-7-14(17)20/h4-9,16H,2-3,10-12H2,1H3,(H2,21,22,25)/t16-/m1/s1. The zero-order valence-electron chi connectivity index (χ0n) is 14.1. The Balaban J connectivity index is 1.66. The molecule has 0 spiro atoms. The van der Waals surface area contributed by atoms with Crippen LogP contribution < -0.4 is 10.6 Å². The maximum Gasteiger partial charge on any atom is 0.319 e. The first-order chi connectivity index (χ1) is 12.1. The van der Waals surface area contributed by atoms with Crippen LogP contribution in [0.1, 0.15) is 24.6 Å². The van der Waals surface area contributed by atoms with Crippen molar-refractivity contribution in [3.05, 3.63) is 53.9 Å². The predicted octanol–water partition coefficient (Wildman–Crippen LogP) is 3.26. The van der Waals surface area contributed by atoms with Crippen molar-refractivity contribution in [1.82, 2.24) is 14.8 Å². The topological polar surface area (TPSA) is 49.3 Å². The largest absolute Gasteiger partial charge is 0.353 e. The minimum absolute atomic E-state index is 0.0266. The molecule has 0 bridgehead atoms. The first kappa shape index (κ1) is 17.4. The maximum absolute atomic E-state index is 13.6. The highest BCUT2D eigenvalue weighted by Gasteiger charge is 2.25. The smallest absolute Gasteiger partial charge is 0.319 e. The Bertz CT molecular complexity index is 720. The number of hydrogen-bond donors (Lipinski definition) is 2. The first-order valence-corrected chi connectivity index (χ1v) is 8.40. The summed E-state index contributed by atoms with van der Waals surface area (Å²) in [6.07, 6.45) is 4.23. The Kier molecular flexibility index (Phi) is 5.33. The van der Waals surface area contributed by atoms with Gasteiger partial charge in [0.2, 0.25) is 0 Å². The third-order valence-corrected chi connectivity index (χ3v) is 4.56. The SMILES string of the molecule is Cn1cccc1[C@@H](CNC(=O)Nc1c(F)cccc1F)N1CCCC1. The average molecular weight is 348 g/mol. The maximum atomic E-state index is 13.6. The van der Waals surface area contributed by atoms with Gasteiger partial charge in [-0.3, -0.25) is 4.90 Å². The van der Waals surface area contributed by atoms with Crippen LogP contribution in [0.3, 0.4) is 0 Å². The monoisotopic (exact) mass is 348 g/mol. The zero-order chi connectivity index (χ0) is 17.8. The van der Waals surface area contributed by atoms with E-state index in [9.17, 15) is 13.6 Å². The van der Waals surface area contributed by atoms with Crippen molar-refractivity contribution in [2.45, 2.75) is 18.9 Å². The van der Waals surface area contributed by atoms with E-state index in [1.807, 2.05) is 29.9 Å². The third-order valence-electron chi connectivity index (χ3n) is 4.56. The van der Waals surface area contributed by atoms with Gasteiger partial charge in [-0.2, -0.15) is 0 Å². The Morgan fingerprint density at radius 3 is 2.44 bits per heavy atom. The summed E-state index contributed by atoms with van der Waals surface area (Å²) < 4.78 is 29.3. The summed E-state index contributed by atoms with van der Waals surface area (Å²) in [4.78, 5) is 14.4. The summed E-state index contributed by atoms with van der Waals surface area (Å²) in [6.45, 7) is 2.31. The molecule has 1 atom stereocenters. The number of halogens is 2. The number of rotatable bonds is 5. The number of amides is 2. The lowest BCUT2D eigenvalue weighted by Crippen LogP contribution is -2.39. The van der Waals surface area contributed by atoms with Gasteiger partial charge in [-0.25, -0.2) is 13.6 Å². The van der Waals surface area contributed by atoms with E-state index in [4.69, 9.17) is 0 Å². The quantitative estimate of drug-likeness (QED) is 0.871. The number of aryl methyl sites for hydroxylation is 1. The minimum atomic E-state index is -0.798. The molecule has 3 rings (SSSR count). The van der Waals surface area contributed by atoms with Crippen LogP contribution in [-0.2, 0) is 7.05 Å². The van der Waals surface area contributed by atoms with Crippen molar-refractivity contribution in [3.63, 3.8) is 0 Å². The second-order valence-electron chi connectivity index (χ2n) is 6.23. The lowest BCUT2D eigenvalue weighted by atomic mass is 10.1. The van der Waals surface area contributed by atoms with Gasteiger partial charge < -0.3 is 15.2 Å². The number of likely N-dealkylation sites (tertiary alicyclic amines) is 1. The van der Waals surface area contributed by atoms with E-state index in [1.165, 1.54) is 6.07 Å². The van der Waals surface area contributed by atoms with Gasteiger partial charge in [-0.05, 0) is 50.2 Å². The molecule has 1 aliphatic rings. The van der Waals surface area contributed by atoms with Crippen LogP contribution in [0.25, 0.3) is 0 Å². The highest BCUT2D eigenvalue weighted by atomic mass is 19.1. The van der Waals surface area contributed by atoms with Crippen LogP contribution in [0.2, 0.25) is 0 Å². The molecule has 0 radical (unpaired) electrons. The predicted molar refractivity (Wildman–Crippen MR) is 92.3 cm³/mol. The summed E-state index contributed by atoms with van der Waals surface area (Å²) >= 11 is 0. The van der Waals surface area contributed by atoms with Crippen LogP contribution in [0.15, 0.2) is 36.5 Å². The van der Waals surface area contributed by atoms with Gasteiger partial charge in [0, 0.05) is 25.5 Å². The summed E-state index contributed by atoms with van der Waals surface area (Å²) in [5.74, 6) is -1.60. The molecule has 2 N–H and O–H groups in total. The highest BCUT2D eigenvalue weighted by molar-refractivity contribution is 5.89. The van der Waals surface area contributed by atoms with Gasteiger partial charge in [-0.15, -0.1) is 0 Å². The van der Waals surface area contributed by atoms with Gasteiger partial charge in [0.25, 0.3) is 0 Å². The van der Waals surface area contributed by atoms with E-state index in [2.05, 4.69) is 15.5 Å². The normalized spacial score (nSPS) is 16.0. The molecule has 0 aliphatic carbocycles. The summed E-state index contributed by atoms with van der Waals surface area (Å²) in [7, 11) is 1.97. The lowest BCUT2D eigenvalue weighted by molar-refractivity contribution is 0.222. The molecule has 2 amide bonds. The van der Waals surface area contributed by atoms with Crippen LogP contribution >= 0.6 is 0 Å². The van der Waals surface area contributed by atoms with E-state index in [0.29, 0.717) is 6.54 Å². The number of hydrogen-bond acceptors (Lipinski definition) is 2. The molecule has 5 nitrogen and oxygen atoms in total. The molecule has 0 saturated carbocycles. The fourth-order valence-corrected chi connectivity index (χ4v) is 3.26. The molecule has 134 valence electrons. The van der Waals surface area contributed by atoms with Crippen molar-refractivity contribution in [1.29, 1.82) is 0 Å². The Morgan fingerprint density at radius 2 is 1.84 bits per heavy atom. The van der Waals surface area contributed by atoms with Crippen LogP contribution in [0, 0.1) is 11.6 Å². The fraction of sp³-hybridized carbons (Fsp3) is 0.389. The molecule has 0 unspecified atom stereocenters. The van der Waals surface area contributed by atoms with Gasteiger partial charge in [0.1, 0.15) is 17.3 Å². The van der Waals surface area contributed by atoms with E-state index >= 15 is 0 Å². The molecule has 25 heavy (non-hydrogen) atoms. The van der Waals surface area contributed by atoms with Crippen LogP contribution in [0.5, 0.6) is 0 Å². The Hall–Kier alpha value is -2.41. The first-order valence-electron chi connectivity index (χ1n) is 8.40. The fourth-order valence-electron chi connectivity index (χ4n) is 3.26.